The van der Waals surface area contributed by atoms with Crippen LogP contribution in [0.5, 0.6) is 0 Å². The molecular formula is C15H15NO4. The number of ether oxygens (including phenoxy) is 1. The van der Waals surface area contributed by atoms with E-state index in [4.69, 9.17) is 4.74 Å². The van der Waals surface area contributed by atoms with Crippen molar-refractivity contribution in [3.63, 3.8) is 0 Å². The molecule has 2 amide bonds. The molecule has 0 radical (unpaired) electrons. The molecule has 5 nitrogen and oxygen atoms in total. The molecule has 20 heavy (non-hydrogen) atoms. The van der Waals surface area contributed by atoms with Crippen LogP contribution in [-0.2, 0) is 20.9 Å². The molecule has 104 valence electrons. The average molecular weight is 273 g/mol. The number of carbonyl (C=O) groups is 3. The second-order valence-corrected chi connectivity index (χ2v) is 4.43. The molecule has 0 saturated heterocycles. The quantitative estimate of drug-likeness (QED) is 0.605. The Labute approximate surface area is 116 Å². The molecule has 0 aromatic heterocycles. The Balaban J connectivity index is 2.00. The summed E-state index contributed by atoms with van der Waals surface area (Å²) in [5, 5.41) is 0. The first kappa shape index (κ1) is 14.0. The summed E-state index contributed by atoms with van der Waals surface area (Å²) in [7, 11) is 0. The van der Waals surface area contributed by atoms with Crippen LogP contribution in [-0.4, -0.2) is 29.3 Å². The van der Waals surface area contributed by atoms with Crippen molar-refractivity contribution in [1.29, 1.82) is 0 Å². The molecule has 1 aromatic rings. The monoisotopic (exact) mass is 273 g/mol. The number of hydrogen-bond acceptors (Lipinski definition) is 4. The Kier molecular flexibility index (Phi) is 4.30. The van der Waals surface area contributed by atoms with Crippen LogP contribution in [0.25, 0.3) is 0 Å². The number of esters is 1. The zero-order chi connectivity index (χ0) is 14.5. The smallest absolute Gasteiger partial charge is 0.338 e. The third-order valence-electron chi connectivity index (χ3n) is 2.87. The number of nitrogens with zero attached hydrogens (tertiary/aromatic N) is 1. The van der Waals surface area contributed by atoms with Crippen LogP contribution in [0.2, 0.25) is 0 Å². The van der Waals surface area contributed by atoms with E-state index in [0.29, 0.717) is 12.2 Å². The van der Waals surface area contributed by atoms with Crippen LogP contribution in [0.3, 0.4) is 0 Å². The number of benzene rings is 1. The first-order valence-electron chi connectivity index (χ1n) is 6.41. The minimum Gasteiger partial charge on any atom is -0.462 e. The van der Waals surface area contributed by atoms with Crippen LogP contribution >= 0.6 is 0 Å². The number of carbonyl (C=O) groups excluding carboxylic acids is 3. The van der Waals surface area contributed by atoms with Gasteiger partial charge in [0.1, 0.15) is 0 Å². The summed E-state index contributed by atoms with van der Waals surface area (Å²) in [5.41, 5.74) is 1.24. The summed E-state index contributed by atoms with van der Waals surface area (Å²) >= 11 is 0. The second-order valence-electron chi connectivity index (χ2n) is 4.43. The molecule has 0 unspecified atom stereocenters. The summed E-state index contributed by atoms with van der Waals surface area (Å²) < 4.78 is 5.02. The van der Waals surface area contributed by atoms with Crippen LogP contribution in [0.1, 0.15) is 29.3 Å². The highest BCUT2D eigenvalue weighted by molar-refractivity contribution is 6.12. The Morgan fingerprint density at radius 2 is 1.70 bits per heavy atom. The lowest BCUT2D eigenvalue weighted by molar-refractivity contribution is -0.137. The van der Waals surface area contributed by atoms with E-state index in [2.05, 4.69) is 0 Å². The van der Waals surface area contributed by atoms with E-state index in [1.807, 2.05) is 6.92 Å². The van der Waals surface area contributed by atoms with Crippen LogP contribution in [0.15, 0.2) is 36.4 Å². The molecule has 0 aliphatic carbocycles. The van der Waals surface area contributed by atoms with E-state index < -0.39 is 0 Å². The van der Waals surface area contributed by atoms with Crippen molar-refractivity contribution in [3.05, 3.63) is 47.5 Å². The molecular weight excluding hydrogens is 258 g/mol. The van der Waals surface area contributed by atoms with Crippen molar-refractivity contribution < 1.29 is 19.1 Å². The van der Waals surface area contributed by atoms with Gasteiger partial charge in [0.25, 0.3) is 11.8 Å². The minimum absolute atomic E-state index is 0.203. The van der Waals surface area contributed by atoms with Gasteiger partial charge in [-0.05, 0) is 24.1 Å². The molecule has 1 aromatic carbocycles. The predicted molar refractivity (Wildman–Crippen MR) is 71.7 cm³/mol. The van der Waals surface area contributed by atoms with Gasteiger partial charge in [0.15, 0.2) is 0 Å². The van der Waals surface area contributed by atoms with Crippen molar-refractivity contribution in [1.82, 2.24) is 4.90 Å². The lowest BCUT2D eigenvalue weighted by Crippen LogP contribution is -2.29. The van der Waals surface area contributed by atoms with Crippen molar-refractivity contribution >= 4 is 17.8 Å². The highest BCUT2D eigenvalue weighted by atomic mass is 16.5. The first-order valence-corrected chi connectivity index (χ1v) is 6.41. The summed E-state index contributed by atoms with van der Waals surface area (Å²) in [5.74, 6) is -1.00. The molecule has 0 N–H and O–H groups in total. The highest BCUT2D eigenvalue weighted by Gasteiger charge is 2.23. The normalized spacial score (nSPS) is 13.9. The standard InChI is InChI=1S/C15H15NO4/c1-2-9-20-15(19)12-5-3-11(4-6-12)10-16-13(17)7-8-14(16)18/h3-8H,2,9-10H2,1H3. The largest absolute Gasteiger partial charge is 0.462 e. The van der Waals surface area contributed by atoms with E-state index >= 15 is 0 Å². The van der Waals surface area contributed by atoms with Gasteiger partial charge in [-0.25, -0.2) is 4.79 Å². The summed E-state index contributed by atoms with van der Waals surface area (Å²) in [4.78, 5) is 35.6. The van der Waals surface area contributed by atoms with Crippen molar-refractivity contribution in [2.24, 2.45) is 0 Å². The molecule has 1 aliphatic rings. The number of imide groups is 1. The molecule has 1 heterocycles. The van der Waals surface area contributed by atoms with Gasteiger partial charge in [-0.3, -0.25) is 14.5 Å². The van der Waals surface area contributed by atoms with E-state index in [-0.39, 0.29) is 24.3 Å². The number of rotatable bonds is 5. The van der Waals surface area contributed by atoms with Gasteiger partial charge in [-0.15, -0.1) is 0 Å². The molecule has 1 aliphatic heterocycles. The maximum Gasteiger partial charge on any atom is 0.338 e. The molecule has 0 fully saturated rings. The first-order chi connectivity index (χ1) is 9.61. The molecule has 0 spiro atoms. The van der Waals surface area contributed by atoms with Crippen LogP contribution in [0, 0.1) is 0 Å². The van der Waals surface area contributed by atoms with E-state index in [0.717, 1.165) is 16.9 Å². The Morgan fingerprint density at radius 3 is 2.25 bits per heavy atom. The highest BCUT2D eigenvalue weighted by Crippen LogP contribution is 2.12. The topological polar surface area (TPSA) is 63.7 Å². The second kappa shape index (κ2) is 6.14. The SMILES string of the molecule is CCCOC(=O)c1ccc(CN2C(=O)C=CC2=O)cc1. The zero-order valence-corrected chi connectivity index (χ0v) is 11.2. The number of amides is 2. The maximum atomic E-state index is 11.6. The Hall–Kier alpha value is -2.43. The fourth-order valence-corrected chi connectivity index (χ4v) is 1.79. The molecule has 2 rings (SSSR count). The van der Waals surface area contributed by atoms with Gasteiger partial charge in [0.05, 0.1) is 18.7 Å². The van der Waals surface area contributed by atoms with Gasteiger partial charge < -0.3 is 4.74 Å². The molecule has 0 bridgehead atoms. The minimum atomic E-state index is -0.367. The fraction of sp³-hybridized carbons (Fsp3) is 0.267. The van der Waals surface area contributed by atoms with Crippen LogP contribution in [0.4, 0.5) is 0 Å². The lowest BCUT2D eigenvalue weighted by Gasteiger charge is -2.13. The van der Waals surface area contributed by atoms with Gasteiger partial charge in [0.2, 0.25) is 0 Å². The lowest BCUT2D eigenvalue weighted by atomic mass is 10.1. The van der Waals surface area contributed by atoms with Gasteiger partial charge in [0, 0.05) is 12.2 Å². The molecule has 0 atom stereocenters. The van der Waals surface area contributed by atoms with Crippen molar-refractivity contribution in [2.45, 2.75) is 19.9 Å². The van der Waals surface area contributed by atoms with E-state index in [1.54, 1.807) is 24.3 Å². The third kappa shape index (κ3) is 3.12. The third-order valence-corrected chi connectivity index (χ3v) is 2.87. The molecule has 5 heteroatoms. The van der Waals surface area contributed by atoms with Crippen molar-refractivity contribution in [2.75, 3.05) is 6.61 Å². The van der Waals surface area contributed by atoms with Gasteiger partial charge >= 0.3 is 5.97 Å². The fourth-order valence-electron chi connectivity index (χ4n) is 1.79. The predicted octanol–water partition coefficient (Wildman–Crippen LogP) is 1.68. The average Bonchev–Trinajstić information content (AvgIpc) is 2.77. The zero-order valence-electron chi connectivity index (χ0n) is 11.2. The number of hydrogen-bond donors (Lipinski definition) is 0. The van der Waals surface area contributed by atoms with Crippen molar-refractivity contribution in [3.8, 4) is 0 Å². The van der Waals surface area contributed by atoms with Gasteiger partial charge in [-0.2, -0.15) is 0 Å². The maximum absolute atomic E-state index is 11.6. The molecule has 0 saturated carbocycles. The van der Waals surface area contributed by atoms with E-state index in [9.17, 15) is 14.4 Å². The van der Waals surface area contributed by atoms with Gasteiger partial charge in [-0.1, -0.05) is 19.1 Å². The Morgan fingerprint density at radius 1 is 1.10 bits per heavy atom. The summed E-state index contributed by atoms with van der Waals surface area (Å²) in [6.07, 6.45) is 3.27. The van der Waals surface area contributed by atoms with E-state index in [1.165, 1.54) is 12.2 Å². The summed E-state index contributed by atoms with van der Waals surface area (Å²) in [6.45, 7) is 2.52. The van der Waals surface area contributed by atoms with Crippen LogP contribution < -0.4 is 0 Å². The Bertz CT molecular complexity index is 542. The summed E-state index contributed by atoms with van der Waals surface area (Å²) in [6, 6.07) is 6.68.